The lowest BCUT2D eigenvalue weighted by atomic mass is 10.1. The Morgan fingerprint density at radius 1 is 1.08 bits per heavy atom. The number of rotatable bonds is 5. The number of aryl methyl sites for hydroxylation is 1. The Balaban J connectivity index is 2.16. The molecule has 0 amide bonds. The lowest BCUT2D eigenvalue weighted by Crippen LogP contribution is -1.85. The van der Waals surface area contributed by atoms with Gasteiger partial charge >= 0.3 is 18.2 Å². The summed E-state index contributed by atoms with van der Waals surface area (Å²) in [4.78, 5) is 0. The van der Waals surface area contributed by atoms with E-state index in [1.807, 2.05) is 0 Å². The lowest BCUT2D eigenvalue weighted by molar-refractivity contribution is 0.793. The molecule has 1 aromatic rings. The van der Waals surface area contributed by atoms with Crippen molar-refractivity contribution in [3.05, 3.63) is 35.9 Å². The van der Waals surface area contributed by atoms with Crippen molar-refractivity contribution in [3.63, 3.8) is 0 Å². The first-order valence-corrected chi connectivity index (χ1v) is 9.43. The van der Waals surface area contributed by atoms with Gasteiger partial charge in [0.15, 0.2) is 0 Å². The van der Waals surface area contributed by atoms with Gasteiger partial charge in [-0.15, -0.1) is 4.55 Å². The largest absolute Gasteiger partial charge is 0.468 e. The zero-order valence-electron chi connectivity index (χ0n) is 7.30. The molecule has 0 aliphatic heterocycles. The van der Waals surface area contributed by atoms with Gasteiger partial charge < -0.3 is 12.9 Å². The van der Waals surface area contributed by atoms with Crippen LogP contribution in [-0.2, 0) is 6.42 Å². The third kappa shape index (κ3) is 4.48. The summed E-state index contributed by atoms with van der Waals surface area (Å²) in [6.45, 7) is 0. The summed E-state index contributed by atoms with van der Waals surface area (Å²) < 4.78 is 1.44. The summed E-state index contributed by atoms with van der Waals surface area (Å²) in [6.07, 6.45) is 4.00. The normalized spacial score (nSPS) is 9.42. The average molecular weight is 237 g/mol. The summed E-state index contributed by atoms with van der Waals surface area (Å²) in [6, 6.07) is 10.7. The summed E-state index contributed by atoms with van der Waals surface area (Å²) >= 11 is 3.70. The molecule has 1 aromatic carbocycles. The van der Waals surface area contributed by atoms with E-state index in [0.29, 0.717) is 0 Å². The van der Waals surface area contributed by atoms with E-state index in [9.17, 15) is 0 Å². The fourth-order valence-electron chi connectivity index (χ4n) is 1.25. The van der Waals surface area contributed by atoms with Crippen molar-refractivity contribution >= 4 is 31.1 Å². The molecule has 0 saturated carbocycles. The molecule has 0 nitrogen and oxygen atoms in total. The third-order valence-corrected chi connectivity index (χ3v) is 4.39. The molecule has 0 spiro atoms. The first kappa shape index (κ1) is 10.5. The third-order valence-electron chi connectivity index (χ3n) is 1.94. The van der Waals surface area contributed by atoms with Gasteiger partial charge in [0.05, 0.1) is 0 Å². The Morgan fingerprint density at radius 3 is 2.50 bits per heavy atom. The van der Waals surface area contributed by atoms with E-state index in [1.165, 1.54) is 29.4 Å². The Morgan fingerprint density at radius 2 is 1.83 bits per heavy atom. The van der Waals surface area contributed by atoms with Crippen LogP contribution in [0.5, 0.6) is 0 Å². The van der Waals surface area contributed by atoms with Gasteiger partial charge in [-0.25, -0.2) is 0 Å². The minimum atomic E-state index is 0.126. The smallest absolute Gasteiger partial charge is 0.307 e. The standard InChI is InChI=1S/C10H13.BrH.Mg/c1-2-3-7-10-8-5-4-6-9-10;;/h4-6,8-9H,1-3,7H2;1H;/q;;+1/p-1. The zero-order valence-corrected chi connectivity index (χ0v) is 10.3. The topological polar surface area (TPSA) is 0 Å². The predicted octanol–water partition coefficient (Wildman–Crippen LogP) is 3.44. The van der Waals surface area contributed by atoms with E-state index in [1.54, 1.807) is 0 Å². The molecule has 0 N–H and O–H groups in total. The Kier molecular flexibility index (Phi) is 6.09. The first-order valence-electron chi connectivity index (χ1n) is 4.53. The van der Waals surface area contributed by atoms with Gasteiger partial charge in [-0.05, 0) is 12.0 Å². The number of halogens is 1. The van der Waals surface area contributed by atoms with Gasteiger partial charge in [0, 0.05) is 0 Å². The minimum Gasteiger partial charge on any atom is -0.307 e. The SMILES string of the molecule is [Br][Mg][CH2]CCCc1ccccc1. The highest BCUT2D eigenvalue weighted by atomic mass is 79.9. The molecule has 0 heterocycles. The second-order valence-corrected chi connectivity index (χ2v) is 6.45. The van der Waals surface area contributed by atoms with E-state index < -0.39 is 0 Å². The van der Waals surface area contributed by atoms with Crippen molar-refractivity contribution in [1.29, 1.82) is 0 Å². The first-order chi connectivity index (χ1) is 5.93. The van der Waals surface area contributed by atoms with E-state index in [-0.39, 0.29) is 18.2 Å². The quantitative estimate of drug-likeness (QED) is 0.543. The molecule has 0 atom stereocenters. The molecule has 0 aromatic heterocycles. The fraction of sp³-hybridized carbons (Fsp3) is 0.400. The van der Waals surface area contributed by atoms with E-state index in [2.05, 4.69) is 43.2 Å². The zero-order chi connectivity index (χ0) is 8.65. The van der Waals surface area contributed by atoms with Gasteiger partial charge in [-0.3, -0.25) is 0 Å². The molecule has 0 saturated heterocycles. The predicted molar refractivity (Wildman–Crippen MR) is 58.9 cm³/mol. The van der Waals surface area contributed by atoms with Crippen LogP contribution in [0.3, 0.4) is 0 Å². The van der Waals surface area contributed by atoms with Crippen LogP contribution >= 0.6 is 12.9 Å². The van der Waals surface area contributed by atoms with Crippen LogP contribution in [0.1, 0.15) is 18.4 Å². The summed E-state index contributed by atoms with van der Waals surface area (Å²) in [7, 11) is 0. The van der Waals surface area contributed by atoms with Crippen LogP contribution in [0.25, 0.3) is 0 Å². The maximum atomic E-state index is 3.57. The Hall–Kier alpha value is 0.466. The second-order valence-electron chi connectivity index (χ2n) is 2.99. The number of benzene rings is 1. The number of unbranched alkanes of at least 4 members (excludes halogenated alkanes) is 1. The van der Waals surface area contributed by atoms with Crippen molar-refractivity contribution in [2.45, 2.75) is 23.8 Å². The van der Waals surface area contributed by atoms with Gasteiger partial charge in [-0.1, -0.05) is 43.2 Å². The van der Waals surface area contributed by atoms with Gasteiger partial charge in [0.2, 0.25) is 0 Å². The molecular formula is C10H13BrMg. The van der Waals surface area contributed by atoms with Crippen LogP contribution in [0.4, 0.5) is 0 Å². The summed E-state index contributed by atoms with van der Waals surface area (Å²) in [5, 5.41) is 0. The average Bonchev–Trinajstić information content (AvgIpc) is 2.14. The highest BCUT2D eigenvalue weighted by molar-refractivity contribution is 9.23. The van der Waals surface area contributed by atoms with Crippen LogP contribution in [0, 0.1) is 0 Å². The van der Waals surface area contributed by atoms with Crippen molar-refractivity contribution in [3.8, 4) is 0 Å². The summed E-state index contributed by atoms with van der Waals surface area (Å²) in [5.74, 6) is 0. The summed E-state index contributed by atoms with van der Waals surface area (Å²) in [5.41, 5.74) is 1.48. The molecule has 0 radical (unpaired) electrons. The number of hydrogen-bond donors (Lipinski definition) is 0. The van der Waals surface area contributed by atoms with E-state index in [0.717, 1.165) is 0 Å². The Bertz CT molecular complexity index is 198. The monoisotopic (exact) mass is 236 g/mol. The second kappa shape index (κ2) is 6.93. The van der Waals surface area contributed by atoms with Crippen molar-refractivity contribution in [2.24, 2.45) is 0 Å². The van der Waals surface area contributed by atoms with E-state index in [4.69, 9.17) is 0 Å². The van der Waals surface area contributed by atoms with Crippen molar-refractivity contribution in [1.82, 2.24) is 0 Å². The fourth-order valence-corrected chi connectivity index (χ4v) is 2.98. The molecule has 0 unspecified atom stereocenters. The van der Waals surface area contributed by atoms with Crippen LogP contribution < -0.4 is 0 Å². The molecule has 0 aliphatic carbocycles. The van der Waals surface area contributed by atoms with Crippen molar-refractivity contribution in [2.75, 3.05) is 0 Å². The van der Waals surface area contributed by atoms with Crippen molar-refractivity contribution < 1.29 is 0 Å². The molecular weight excluding hydrogens is 224 g/mol. The molecule has 0 fully saturated rings. The molecule has 2 heteroatoms. The van der Waals surface area contributed by atoms with Gasteiger partial charge in [0.25, 0.3) is 0 Å². The molecule has 62 valence electrons. The maximum Gasteiger partial charge on any atom is 0.468 e. The highest BCUT2D eigenvalue weighted by Gasteiger charge is 1.92. The van der Waals surface area contributed by atoms with Crippen LogP contribution in [-0.4, -0.2) is 18.2 Å². The number of hydrogen-bond acceptors (Lipinski definition) is 0. The molecule has 0 aliphatic rings. The van der Waals surface area contributed by atoms with Gasteiger partial charge in [0.1, 0.15) is 0 Å². The highest BCUT2D eigenvalue weighted by Crippen LogP contribution is 2.06. The van der Waals surface area contributed by atoms with Crippen LogP contribution in [0.15, 0.2) is 30.3 Å². The van der Waals surface area contributed by atoms with Gasteiger partial charge in [-0.2, -0.15) is 0 Å². The maximum absolute atomic E-state index is 3.57. The molecule has 1 rings (SSSR count). The lowest BCUT2D eigenvalue weighted by Gasteiger charge is -1.99. The van der Waals surface area contributed by atoms with Crippen LogP contribution in [0.2, 0.25) is 4.55 Å². The Labute approximate surface area is 90.3 Å². The molecule has 0 bridgehead atoms. The molecule has 12 heavy (non-hydrogen) atoms. The minimum absolute atomic E-state index is 0.126. The van der Waals surface area contributed by atoms with E-state index >= 15 is 0 Å².